The van der Waals surface area contributed by atoms with E-state index in [2.05, 4.69) is 10.3 Å². The number of hydrogen-bond acceptors (Lipinski definition) is 4. The Kier molecular flexibility index (Phi) is 3.74. The van der Waals surface area contributed by atoms with Crippen LogP contribution in [-0.2, 0) is 9.59 Å². The molecule has 0 radical (unpaired) electrons. The lowest BCUT2D eigenvalue weighted by atomic mass is 9.99. The highest BCUT2D eigenvalue weighted by Gasteiger charge is 2.38. The van der Waals surface area contributed by atoms with Crippen LogP contribution in [0, 0.1) is 0 Å². The predicted molar refractivity (Wildman–Crippen MR) is 75.3 cm³/mol. The third kappa shape index (κ3) is 2.79. The Balaban J connectivity index is 2.21. The average molecular weight is 275 g/mol. The summed E-state index contributed by atoms with van der Waals surface area (Å²) in [5.74, 6) is -0.319. The van der Waals surface area contributed by atoms with Gasteiger partial charge in [-0.15, -0.1) is 0 Å². The molecule has 2 heterocycles. The fraction of sp³-hybridized carbons (Fsp3) is 0.357. The summed E-state index contributed by atoms with van der Waals surface area (Å²) in [6, 6.07) is 3.58. The van der Waals surface area contributed by atoms with E-state index in [1.807, 2.05) is 18.7 Å². The molecule has 2 rings (SSSR count). The van der Waals surface area contributed by atoms with Gasteiger partial charge in [0.2, 0.25) is 5.91 Å². The van der Waals surface area contributed by atoms with E-state index in [0.29, 0.717) is 24.5 Å². The molecule has 20 heavy (non-hydrogen) atoms. The normalized spacial score (nSPS) is 18.1. The van der Waals surface area contributed by atoms with Gasteiger partial charge in [-0.05, 0) is 37.6 Å². The average Bonchev–Trinajstić information content (AvgIpc) is 2.40. The summed E-state index contributed by atoms with van der Waals surface area (Å²) in [6.45, 7) is 4.98. The lowest BCUT2D eigenvalue weighted by Gasteiger charge is -2.42. The fourth-order valence-electron chi connectivity index (χ4n) is 2.12. The number of piperazine rings is 1. The zero-order valence-corrected chi connectivity index (χ0v) is 11.5. The zero-order chi connectivity index (χ0) is 14.8. The molecule has 1 saturated heterocycles. The maximum absolute atomic E-state index is 11.9. The molecule has 6 heteroatoms. The molecule has 1 amide bonds. The van der Waals surface area contributed by atoms with E-state index in [1.165, 1.54) is 6.08 Å². The topological polar surface area (TPSA) is 82.5 Å². The standard InChI is InChI=1S/C14H17N3O3/c1-14(2)13(20)15-7-8-17(14)11-5-3-10(9-16-11)4-6-12(18)19/h3-6,9H,7-8H2,1-2H3,(H,15,20)(H,18,19)/b6-4+. The van der Waals surface area contributed by atoms with Crippen LogP contribution in [0.1, 0.15) is 19.4 Å². The summed E-state index contributed by atoms with van der Waals surface area (Å²) in [5, 5.41) is 11.4. The Morgan fingerprint density at radius 2 is 2.25 bits per heavy atom. The van der Waals surface area contributed by atoms with Gasteiger partial charge in [0, 0.05) is 25.4 Å². The van der Waals surface area contributed by atoms with Gasteiger partial charge >= 0.3 is 5.97 Å². The molecule has 6 nitrogen and oxygen atoms in total. The maximum Gasteiger partial charge on any atom is 0.328 e. The number of aliphatic carboxylic acids is 1. The highest BCUT2D eigenvalue weighted by Crippen LogP contribution is 2.24. The van der Waals surface area contributed by atoms with Crippen molar-refractivity contribution in [3.63, 3.8) is 0 Å². The highest BCUT2D eigenvalue weighted by atomic mass is 16.4. The van der Waals surface area contributed by atoms with Crippen LogP contribution in [0.3, 0.4) is 0 Å². The van der Waals surface area contributed by atoms with Crippen LogP contribution in [0.25, 0.3) is 6.08 Å². The minimum Gasteiger partial charge on any atom is -0.478 e. The molecule has 1 aliphatic heterocycles. The SMILES string of the molecule is CC1(C)C(=O)NCCN1c1ccc(/C=C/C(=O)O)cn1. The van der Waals surface area contributed by atoms with Crippen LogP contribution in [-0.4, -0.2) is 40.6 Å². The second kappa shape index (κ2) is 5.32. The molecule has 0 aliphatic carbocycles. The van der Waals surface area contributed by atoms with Gasteiger partial charge in [0.05, 0.1) is 0 Å². The molecule has 0 spiro atoms. The van der Waals surface area contributed by atoms with Crippen molar-refractivity contribution >= 4 is 23.8 Å². The van der Waals surface area contributed by atoms with Gasteiger partial charge in [-0.1, -0.05) is 0 Å². The smallest absolute Gasteiger partial charge is 0.328 e. The van der Waals surface area contributed by atoms with E-state index in [1.54, 1.807) is 18.3 Å². The van der Waals surface area contributed by atoms with Gasteiger partial charge in [-0.2, -0.15) is 0 Å². The Morgan fingerprint density at radius 3 is 2.85 bits per heavy atom. The summed E-state index contributed by atoms with van der Waals surface area (Å²) < 4.78 is 0. The van der Waals surface area contributed by atoms with E-state index < -0.39 is 11.5 Å². The molecular weight excluding hydrogens is 258 g/mol. The van der Waals surface area contributed by atoms with Crippen molar-refractivity contribution in [3.05, 3.63) is 30.0 Å². The Hall–Kier alpha value is -2.37. The van der Waals surface area contributed by atoms with Crippen molar-refractivity contribution in [1.82, 2.24) is 10.3 Å². The summed E-state index contributed by atoms with van der Waals surface area (Å²) >= 11 is 0. The van der Waals surface area contributed by atoms with Gasteiger partial charge in [0.1, 0.15) is 11.4 Å². The number of nitrogens with one attached hydrogen (secondary N) is 1. The van der Waals surface area contributed by atoms with Gasteiger partial charge < -0.3 is 15.3 Å². The van der Waals surface area contributed by atoms with Crippen molar-refractivity contribution in [2.75, 3.05) is 18.0 Å². The van der Waals surface area contributed by atoms with E-state index in [-0.39, 0.29) is 5.91 Å². The van der Waals surface area contributed by atoms with E-state index in [9.17, 15) is 9.59 Å². The predicted octanol–water partition coefficient (Wildman–Crippen LogP) is 0.894. The van der Waals surface area contributed by atoms with E-state index in [4.69, 9.17) is 5.11 Å². The van der Waals surface area contributed by atoms with Gasteiger partial charge in [0.25, 0.3) is 0 Å². The number of pyridine rings is 1. The number of hydrogen-bond donors (Lipinski definition) is 2. The molecule has 2 N–H and O–H groups in total. The monoisotopic (exact) mass is 275 g/mol. The quantitative estimate of drug-likeness (QED) is 0.801. The second-order valence-electron chi connectivity index (χ2n) is 5.09. The van der Waals surface area contributed by atoms with Crippen LogP contribution in [0.15, 0.2) is 24.4 Å². The summed E-state index contributed by atoms with van der Waals surface area (Å²) in [4.78, 5) is 28.6. The van der Waals surface area contributed by atoms with Gasteiger partial charge in [-0.25, -0.2) is 9.78 Å². The number of amides is 1. The molecule has 106 valence electrons. The largest absolute Gasteiger partial charge is 0.478 e. The van der Waals surface area contributed by atoms with E-state index >= 15 is 0 Å². The number of carbonyl (C=O) groups is 2. The van der Waals surface area contributed by atoms with Crippen molar-refractivity contribution in [3.8, 4) is 0 Å². The molecule has 1 fully saturated rings. The minimum absolute atomic E-state index is 0.0274. The first-order chi connectivity index (χ1) is 9.41. The summed E-state index contributed by atoms with van der Waals surface area (Å²) in [6.07, 6.45) is 4.14. The van der Waals surface area contributed by atoms with Crippen molar-refractivity contribution in [1.29, 1.82) is 0 Å². The Morgan fingerprint density at radius 1 is 1.50 bits per heavy atom. The van der Waals surface area contributed by atoms with Crippen LogP contribution in [0.4, 0.5) is 5.82 Å². The Bertz CT molecular complexity index is 549. The number of carboxylic acids is 1. The van der Waals surface area contributed by atoms with Crippen molar-refractivity contribution < 1.29 is 14.7 Å². The van der Waals surface area contributed by atoms with Crippen molar-refractivity contribution in [2.45, 2.75) is 19.4 Å². The number of aromatic nitrogens is 1. The third-order valence-electron chi connectivity index (χ3n) is 3.32. The Labute approximate surface area is 117 Å². The maximum atomic E-state index is 11.9. The molecule has 1 aliphatic rings. The molecule has 0 saturated carbocycles. The number of rotatable bonds is 3. The molecular formula is C14H17N3O3. The number of carboxylic acid groups (broad SMARTS) is 1. The number of nitrogens with zero attached hydrogens (tertiary/aromatic N) is 2. The molecule has 0 unspecified atom stereocenters. The third-order valence-corrected chi connectivity index (χ3v) is 3.32. The second-order valence-corrected chi connectivity index (χ2v) is 5.09. The zero-order valence-electron chi connectivity index (χ0n) is 11.5. The first-order valence-electron chi connectivity index (χ1n) is 6.34. The molecule has 1 aromatic heterocycles. The van der Waals surface area contributed by atoms with Crippen LogP contribution in [0.2, 0.25) is 0 Å². The summed E-state index contributed by atoms with van der Waals surface area (Å²) in [7, 11) is 0. The summed E-state index contributed by atoms with van der Waals surface area (Å²) in [5.41, 5.74) is 0.0550. The van der Waals surface area contributed by atoms with Crippen LogP contribution < -0.4 is 10.2 Å². The first-order valence-corrected chi connectivity index (χ1v) is 6.34. The highest BCUT2D eigenvalue weighted by molar-refractivity contribution is 5.90. The lowest BCUT2D eigenvalue weighted by molar-refractivity contribution is -0.131. The van der Waals surface area contributed by atoms with Crippen LogP contribution >= 0.6 is 0 Å². The first kappa shape index (κ1) is 14.0. The molecule has 0 aromatic carbocycles. The van der Waals surface area contributed by atoms with Gasteiger partial charge in [0.15, 0.2) is 0 Å². The van der Waals surface area contributed by atoms with Gasteiger partial charge in [-0.3, -0.25) is 4.79 Å². The van der Waals surface area contributed by atoms with Crippen molar-refractivity contribution in [2.24, 2.45) is 0 Å². The molecule has 0 bridgehead atoms. The van der Waals surface area contributed by atoms with E-state index in [0.717, 1.165) is 6.08 Å². The number of carbonyl (C=O) groups excluding carboxylic acids is 1. The fourth-order valence-corrected chi connectivity index (χ4v) is 2.12. The lowest BCUT2D eigenvalue weighted by Crippen LogP contribution is -2.62. The molecule has 0 atom stereocenters. The van der Waals surface area contributed by atoms with Crippen LogP contribution in [0.5, 0.6) is 0 Å². The number of anilines is 1. The minimum atomic E-state index is -0.997. The molecule has 1 aromatic rings.